The van der Waals surface area contributed by atoms with Gasteiger partial charge in [-0.1, -0.05) is 31.5 Å². The number of aromatic amines is 1. The standard InChI is InChI=1S/C16H20N2O3/c1-3-6-11(2)18-15(19)10-21-16(20)13-9-17-14-8-5-4-7-12(13)14/h4-5,7-9,11,17H,3,6,10H2,1-2H3,(H,18,19)/t11-/m1/s1. The Bertz CT molecular complexity index is 633. The van der Waals surface area contributed by atoms with Crippen LogP contribution in [0.3, 0.4) is 0 Å². The van der Waals surface area contributed by atoms with Crippen molar-refractivity contribution >= 4 is 22.8 Å². The summed E-state index contributed by atoms with van der Waals surface area (Å²) in [6, 6.07) is 7.55. The third kappa shape index (κ3) is 3.84. The van der Waals surface area contributed by atoms with Crippen LogP contribution in [-0.4, -0.2) is 29.5 Å². The number of hydrogen-bond donors (Lipinski definition) is 2. The smallest absolute Gasteiger partial charge is 0.340 e. The summed E-state index contributed by atoms with van der Waals surface area (Å²) >= 11 is 0. The highest BCUT2D eigenvalue weighted by atomic mass is 16.5. The van der Waals surface area contributed by atoms with E-state index in [0.29, 0.717) is 5.56 Å². The molecule has 0 saturated heterocycles. The molecule has 0 bridgehead atoms. The predicted molar refractivity (Wildman–Crippen MR) is 81.1 cm³/mol. The zero-order chi connectivity index (χ0) is 15.2. The monoisotopic (exact) mass is 288 g/mol. The first-order valence-electron chi connectivity index (χ1n) is 7.14. The lowest BCUT2D eigenvalue weighted by molar-refractivity contribution is -0.124. The molecule has 0 spiro atoms. The fraction of sp³-hybridized carbons (Fsp3) is 0.375. The number of benzene rings is 1. The highest BCUT2D eigenvalue weighted by molar-refractivity contribution is 6.04. The molecule has 0 aliphatic carbocycles. The van der Waals surface area contributed by atoms with Gasteiger partial charge < -0.3 is 15.0 Å². The van der Waals surface area contributed by atoms with Gasteiger partial charge in [-0.3, -0.25) is 4.79 Å². The van der Waals surface area contributed by atoms with Crippen molar-refractivity contribution in [3.63, 3.8) is 0 Å². The molecule has 0 aliphatic heterocycles. The minimum atomic E-state index is -0.495. The van der Waals surface area contributed by atoms with Crippen molar-refractivity contribution < 1.29 is 14.3 Å². The van der Waals surface area contributed by atoms with E-state index in [4.69, 9.17) is 4.74 Å². The lowest BCUT2D eigenvalue weighted by atomic mass is 10.2. The van der Waals surface area contributed by atoms with Crippen molar-refractivity contribution in [2.75, 3.05) is 6.61 Å². The molecule has 1 aromatic carbocycles. The summed E-state index contributed by atoms with van der Waals surface area (Å²) in [5.74, 6) is -0.769. The lowest BCUT2D eigenvalue weighted by Crippen LogP contribution is -2.35. The molecule has 2 N–H and O–H groups in total. The van der Waals surface area contributed by atoms with Crippen LogP contribution in [-0.2, 0) is 9.53 Å². The molecule has 5 nitrogen and oxygen atoms in total. The number of ether oxygens (including phenoxy) is 1. The van der Waals surface area contributed by atoms with Crippen LogP contribution in [0.5, 0.6) is 0 Å². The molecule has 1 aromatic heterocycles. The Hall–Kier alpha value is -2.30. The summed E-state index contributed by atoms with van der Waals surface area (Å²) in [4.78, 5) is 26.7. The van der Waals surface area contributed by atoms with Crippen LogP contribution in [0, 0.1) is 0 Å². The summed E-state index contributed by atoms with van der Waals surface area (Å²) in [5.41, 5.74) is 1.31. The number of carbonyl (C=O) groups is 2. The number of esters is 1. The number of aromatic nitrogens is 1. The van der Waals surface area contributed by atoms with Crippen LogP contribution in [0.1, 0.15) is 37.0 Å². The molecular weight excluding hydrogens is 268 g/mol. The molecule has 1 amide bonds. The minimum absolute atomic E-state index is 0.0919. The highest BCUT2D eigenvalue weighted by Gasteiger charge is 2.15. The van der Waals surface area contributed by atoms with Gasteiger partial charge >= 0.3 is 5.97 Å². The van der Waals surface area contributed by atoms with Crippen molar-refractivity contribution in [1.29, 1.82) is 0 Å². The van der Waals surface area contributed by atoms with Gasteiger partial charge in [0, 0.05) is 23.1 Å². The first-order valence-corrected chi connectivity index (χ1v) is 7.14. The van der Waals surface area contributed by atoms with Crippen LogP contribution >= 0.6 is 0 Å². The van der Waals surface area contributed by atoms with Crippen molar-refractivity contribution in [3.8, 4) is 0 Å². The molecular formula is C16H20N2O3. The normalized spacial score (nSPS) is 12.1. The average Bonchev–Trinajstić information content (AvgIpc) is 2.89. The van der Waals surface area contributed by atoms with Crippen molar-refractivity contribution in [1.82, 2.24) is 10.3 Å². The topological polar surface area (TPSA) is 71.2 Å². The molecule has 0 radical (unpaired) electrons. The van der Waals surface area contributed by atoms with Gasteiger partial charge in [0.05, 0.1) is 5.56 Å². The van der Waals surface area contributed by atoms with Crippen LogP contribution < -0.4 is 5.32 Å². The van der Waals surface area contributed by atoms with Crippen LogP contribution in [0.15, 0.2) is 30.5 Å². The Labute approximate surface area is 123 Å². The number of H-pyrrole nitrogens is 1. The highest BCUT2D eigenvalue weighted by Crippen LogP contribution is 2.18. The van der Waals surface area contributed by atoms with E-state index >= 15 is 0 Å². The average molecular weight is 288 g/mol. The molecule has 21 heavy (non-hydrogen) atoms. The Morgan fingerprint density at radius 1 is 1.33 bits per heavy atom. The summed E-state index contributed by atoms with van der Waals surface area (Å²) in [5, 5.41) is 3.59. The summed E-state index contributed by atoms with van der Waals surface area (Å²) < 4.78 is 5.06. The van der Waals surface area contributed by atoms with E-state index < -0.39 is 5.97 Å². The molecule has 0 fully saturated rings. The van der Waals surface area contributed by atoms with E-state index in [-0.39, 0.29) is 18.6 Å². The quantitative estimate of drug-likeness (QED) is 0.803. The van der Waals surface area contributed by atoms with E-state index in [9.17, 15) is 9.59 Å². The largest absolute Gasteiger partial charge is 0.452 e. The van der Waals surface area contributed by atoms with Gasteiger partial charge in [-0.2, -0.15) is 0 Å². The van der Waals surface area contributed by atoms with Gasteiger partial charge in [0.1, 0.15) is 0 Å². The Morgan fingerprint density at radius 3 is 2.86 bits per heavy atom. The minimum Gasteiger partial charge on any atom is -0.452 e. The fourth-order valence-electron chi connectivity index (χ4n) is 2.27. The Morgan fingerprint density at radius 2 is 2.10 bits per heavy atom. The maximum absolute atomic E-state index is 12.0. The molecule has 2 aromatic rings. The molecule has 112 valence electrons. The third-order valence-electron chi connectivity index (χ3n) is 3.27. The van der Waals surface area contributed by atoms with Gasteiger partial charge in [-0.15, -0.1) is 0 Å². The molecule has 0 aliphatic rings. The molecule has 5 heteroatoms. The number of amides is 1. The SMILES string of the molecule is CCC[C@@H](C)NC(=O)COC(=O)c1c[nH]c2ccccc12. The second-order valence-electron chi connectivity index (χ2n) is 5.08. The summed E-state index contributed by atoms with van der Waals surface area (Å²) in [7, 11) is 0. The van der Waals surface area contributed by atoms with Gasteiger partial charge in [0.25, 0.3) is 5.91 Å². The Balaban J connectivity index is 1.91. The van der Waals surface area contributed by atoms with E-state index in [0.717, 1.165) is 23.7 Å². The van der Waals surface area contributed by atoms with E-state index in [2.05, 4.69) is 17.2 Å². The number of nitrogens with one attached hydrogen (secondary N) is 2. The van der Waals surface area contributed by atoms with Crippen molar-refractivity contribution in [3.05, 3.63) is 36.0 Å². The molecule has 2 rings (SSSR count). The number of carbonyl (C=O) groups excluding carboxylic acids is 2. The lowest BCUT2D eigenvalue weighted by Gasteiger charge is -2.12. The number of hydrogen-bond acceptors (Lipinski definition) is 3. The second kappa shape index (κ2) is 6.92. The van der Waals surface area contributed by atoms with E-state index in [1.807, 2.05) is 31.2 Å². The predicted octanol–water partition coefficient (Wildman–Crippen LogP) is 2.63. The summed E-state index contributed by atoms with van der Waals surface area (Å²) in [6.07, 6.45) is 3.50. The zero-order valence-corrected chi connectivity index (χ0v) is 12.3. The Kier molecular flexibility index (Phi) is 4.98. The first-order chi connectivity index (χ1) is 10.1. The van der Waals surface area contributed by atoms with Gasteiger partial charge in [-0.05, 0) is 19.4 Å². The van der Waals surface area contributed by atoms with Crippen molar-refractivity contribution in [2.45, 2.75) is 32.7 Å². The van der Waals surface area contributed by atoms with Crippen LogP contribution in [0.4, 0.5) is 0 Å². The summed E-state index contributed by atoms with van der Waals surface area (Å²) in [6.45, 7) is 3.73. The fourth-order valence-corrected chi connectivity index (χ4v) is 2.27. The van der Waals surface area contributed by atoms with E-state index in [1.165, 1.54) is 0 Å². The van der Waals surface area contributed by atoms with E-state index in [1.54, 1.807) is 6.20 Å². The first kappa shape index (κ1) is 15.1. The van der Waals surface area contributed by atoms with Crippen LogP contribution in [0.25, 0.3) is 10.9 Å². The number of rotatable bonds is 6. The second-order valence-corrected chi connectivity index (χ2v) is 5.08. The molecule has 0 unspecified atom stereocenters. The third-order valence-corrected chi connectivity index (χ3v) is 3.27. The maximum atomic E-state index is 12.0. The zero-order valence-electron chi connectivity index (χ0n) is 12.3. The van der Waals surface area contributed by atoms with Gasteiger partial charge in [-0.25, -0.2) is 4.79 Å². The van der Waals surface area contributed by atoms with Crippen LogP contribution in [0.2, 0.25) is 0 Å². The molecule has 0 saturated carbocycles. The number of para-hydroxylation sites is 1. The van der Waals surface area contributed by atoms with Gasteiger partial charge in [0.2, 0.25) is 0 Å². The number of fused-ring (bicyclic) bond motifs is 1. The maximum Gasteiger partial charge on any atom is 0.340 e. The molecule has 1 heterocycles. The van der Waals surface area contributed by atoms with Gasteiger partial charge in [0.15, 0.2) is 6.61 Å². The molecule has 1 atom stereocenters. The van der Waals surface area contributed by atoms with Crippen molar-refractivity contribution in [2.24, 2.45) is 0 Å².